The second-order valence-electron chi connectivity index (χ2n) is 8.57. The summed E-state index contributed by atoms with van der Waals surface area (Å²) < 4.78 is 45.2. The average molecular weight is 452 g/mol. The SMILES string of the molecule is CC(C)OC[C@@]1(CN)O[C@@H](C)C[C@H]1OP(=O)([O-])OC(=O)[C@H]1O[C@@H](C)C[C@H]1OC(C)C. The van der Waals surface area contributed by atoms with Crippen molar-refractivity contribution in [1.82, 2.24) is 0 Å². The Balaban J connectivity index is 2.07. The first-order valence-corrected chi connectivity index (χ1v) is 11.9. The predicted octanol–water partition coefficient (Wildman–Crippen LogP) is 1.29. The van der Waals surface area contributed by atoms with Gasteiger partial charge in [0, 0.05) is 19.4 Å². The highest BCUT2D eigenvalue weighted by atomic mass is 31.2. The predicted molar refractivity (Wildman–Crippen MR) is 106 cm³/mol. The molecule has 1 unspecified atom stereocenters. The third-order valence-electron chi connectivity index (χ3n) is 4.99. The molecule has 0 amide bonds. The zero-order valence-corrected chi connectivity index (χ0v) is 19.5. The fraction of sp³-hybridized carbons (Fsp3) is 0.947. The Labute approximate surface area is 178 Å². The molecule has 176 valence electrons. The van der Waals surface area contributed by atoms with Crippen molar-refractivity contribution in [2.75, 3.05) is 13.2 Å². The lowest BCUT2D eigenvalue weighted by molar-refractivity contribution is -0.236. The van der Waals surface area contributed by atoms with E-state index in [9.17, 15) is 14.3 Å². The van der Waals surface area contributed by atoms with Crippen molar-refractivity contribution in [3.8, 4) is 0 Å². The molecule has 0 bridgehead atoms. The second kappa shape index (κ2) is 10.4. The number of ether oxygens (including phenoxy) is 4. The molecule has 2 N–H and O–H groups in total. The lowest BCUT2D eigenvalue weighted by atomic mass is 9.97. The van der Waals surface area contributed by atoms with Gasteiger partial charge in [-0.1, -0.05) is 0 Å². The number of carbonyl (C=O) groups is 1. The Morgan fingerprint density at radius 1 is 1.20 bits per heavy atom. The van der Waals surface area contributed by atoms with Crippen molar-refractivity contribution in [2.45, 2.75) is 103 Å². The summed E-state index contributed by atoms with van der Waals surface area (Å²) in [6.45, 7) is 10.9. The maximum atomic E-state index is 12.5. The molecule has 2 aliphatic rings. The maximum absolute atomic E-state index is 12.5. The highest BCUT2D eigenvalue weighted by Crippen LogP contribution is 2.47. The molecule has 0 spiro atoms. The largest absolute Gasteiger partial charge is 0.746 e. The van der Waals surface area contributed by atoms with Crippen LogP contribution >= 0.6 is 7.82 Å². The minimum absolute atomic E-state index is 0.0176. The van der Waals surface area contributed by atoms with Crippen molar-refractivity contribution < 1.29 is 42.2 Å². The Morgan fingerprint density at radius 2 is 1.87 bits per heavy atom. The Hall–Kier alpha value is -0.580. The van der Waals surface area contributed by atoms with Crippen molar-refractivity contribution in [2.24, 2.45) is 5.73 Å². The average Bonchev–Trinajstić information content (AvgIpc) is 3.11. The quantitative estimate of drug-likeness (QED) is 0.482. The van der Waals surface area contributed by atoms with Crippen molar-refractivity contribution in [3.05, 3.63) is 0 Å². The summed E-state index contributed by atoms with van der Waals surface area (Å²) in [5.74, 6) is -1.06. The highest BCUT2D eigenvalue weighted by molar-refractivity contribution is 7.46. The molecule has 2 aliphatic heterocycles. The van der Waals surface area contributed by atoms with Crippen LogP contribution in [0, 0.1) is 0 Å². The molecule has 2 saturated heterocycles. The number of rotatable bonds is 10. The van der Waals surface area contributed by atoms with E-state index < -0.39 is 37.7 Å². The standard InChI is InChI=1S/C19H36NO9P/c1-11(2)24-10-19(9-20)16(8-14(6)27-19)28-30(22,23)29-18(21)17-15(25-12(3)4)7-13(5)26-17/h11-17H,7-10,20H2,1-6H3,(H,22,23)/p-1/t13-,14-,15+,16+,17-,19+/m0/s1. The summed E-state index contributed by atoms with van der Waals surface area (Å²) in [4.78, 5) is 25.1. The van der Waals surface area contributed by atoms with Crippen molar-refractivity contribution >= 4 is 13.8 Å². The number of phosphoric acid groups is 1. The molecule has 0 aliphatic carbocycles. The molecule has 0 aromatic carbocycles. The highest BCUT2D eigenvalue weighted by Gasteiger charge is 2.50. The molecule has 10 nitrogen and oxygen atoms in total. The van der Waals surface area contributed by atoms with E-state index in [1.54, 1.807) is 13.8 Å². The van der Waals surface area contributed by atoms with Gasteiger partial charge in [-0.2, -0.15) is 0 Å². The van der Waals surface area contributed by atoms with E-state index in [2.05, 4.69) is 0 Å². The molecule has 0 saturated carbocycles. The van der Waals surface area contributed by atoms with Crippen LogP contribution < -0.4 is 10.6 Å². The third kappa shape index (κ3) is 6.71. The molecule has 0 aromatic heterocycles. The van der Waals surface area contributed by atoms with Crippen LogP contribution in [0.2, 0.25) is 0 Å². The number of carbonyl (C=O) groups excluding carboxylic acids is 1. The van der Waals surface area contributed by atoms with E-state index >= 15 is 0 Å². The summed E-state index contributed by atoms with van der Waals surface area (Å²) in [6.07, 6.45) is -2.79. The van der Waals surface area contributed by atoms with Crippen molar-refractivity contribution in [3.63, 3.8) is 0 Å². The van der Waals surface area contributed by atoms with Gasteiger partial charge in [0.1, 0.15) is 11.7 Å². The molecule has 2 rings (SSSR count). The van der Waals surface area contributed by atoms with Gasteiger partial charge >= 0.3 is 13.8 Å². The lowest BCUT2D eigenvalue weighted by Gasteiger charge is -2.36. The van der Waals surface area contributed by atoms with E-state index in [0.717, 1.165) is 0 Å². The van der Waals surface area contributed by atoms with Crippen LogP contribution in [0.4, 0.5) is 0 Å². The number of hydrogen-bond donors (Lipinski definition) is 1. The van der Waals surface area contributed by atoms with E-state index in [4.69, 9.17) is 33.7 Å². The fourth-order valence-corrected chi connectivity index (χ4v) is 4.68. The minimum atomic E-state index is -5.02. The van der Waals surface area contributed by atoms with Gasteiger partial charge in [0.15, 0.2) is 6.10 Å². The van der Waals surface area contributed by atoms with Crippen LogP contribution in [0.15, 0.2) is 0 Å². The maximum Gasteiger partial charge on any atom is 0.343 e. The van der Waals surface area contributed by atoms with Crippen LogP contribution in [0.25, 0.3) is 0 Å². The first-order chi connectivity index (χ1) is 13.9. The van der Waals surface area contributed by atoms with Gasteiger partial charge in [-0.15, -0.1) is 0 Å². The van der Waals surface area contributed by atoms with E-state index in [1.807, 2.05) is 27.7 Å². The fourth-order valence-electron chi connectivity index (χ4n) is 3.72. The van der Waals surface area contributed by atoms with Crippen LogP contribution in [-0.4, -0.2) is 67.4 Å². The zero-order chi connectivity index (χ0) is 22.7. The van der Waals surface area contributed by atoms with Crippen LogP contribution in [0.5, 0.6) is 0 Å². The Bertz CT molecular complexity index is 631. The van der Waals surface area contributed by atoms with E-state index in [1.165, 1.54) is 0 Å². The molecule has 0 aromatic rings. The molecule has 0 radical (unpaired) electrons. The van der Waals surface area contributed by atoms with Gasteiger partial charge in [0.2, 0.25) is 0 Å². The van der Waals surface area contributed by atoms with Crippen LogP contribution in [0.1, 0.15) is 54.4 Å². The summed E-state index contributed by atoms with van der Waals surface area (Å²) in [5, 5.41) is 0. The molecule has 11 heteroatoms. The van der Waals surface area contributed by atoms with Gasteiger partial charge in [-0.05, 0) is 41.5 Å². The summed E-state index contributed by atoms with van der Waals surface area (Å²) >= 11 is 0. The van der Waals surface area contributed by atoms with E-state index in [-0.39, 0.29) is 44.0 Å². The summed E-state index contributed by atoms with van der Waals surface area (Å²) in [7, 11) is -5.02. The van der Waals surface area contributed by atoms with Crippen LogP contribution in [-0.2, 0) is 37.4 Å². The monoisotopic (exact) mass is 452 g/mol. The molecular formula is C19H35NO9P-. The van der Waals surface area contributed by atoms with Gasteiger partial charge in [-0.3, -0.25) is 4.57 Å². The molecule has 2 heterocycles. The number of hydrogen-bond acceptors (Lipinski definition) is 10. The number of phosphoric ester groups is 1. The van der Waals surface area contributed by atoms with Crippen LogP contribution in [0.3, 0.4) is 0 Å². The zero-order valence-electron chi connectivity index (χ0n) is 18.6. The summed E-state index contributed by atoms with van der Waals surface area (Å²) in [6, 6.07) is 0. The van der Waals surface area contributed by atoms with Gasteiger partial charge in [0.05, 0.1) is 37.1 Å². The minimum Gasteiger partial charge on any atom is -0.746 e. The first-order valence-electron chi connectivity index (χ1n) is 10.4. The first kappa shape index (κ1) is 25.7. The topological polar surface area (TPSA) is 139 Å². The molecule has 2 fully saturated rings. The van der Waals surface area contributed by atoms with Gasteiger partial charge in [-0.25, -0.2) is 4.79 Å². The molecule has 30 heavy (non-hydrogen) atoms. The lowest BCUT2D eigenvalue weighted by Crippen LogP contribution is -2.52. The van der Waals surface area contributed by atoms with Gasteiger partial charge in [0.25, 0.3) is 0 Å². The van der Waals surface area contributed by atoms with Crippen molar-refractivity contribution in [1.29, 1.82) is 0 Å². The normalized spacial score (nSPS) is 36.4. The Morgan fingerprint density at radius 3 is 2.43 bits per heavy atom. The smallest absolute Gasteiger partial charge is 0.343 e. The summed E-state index contributed by atoms with van der Waals surface area (Å²) in [5.41, 5.74) is 4.73. The van der Waals surface area contributed by atoms with Gasteiger partial charge < -0.3 is 38.6 Å². The number of nitrogens with two attached hydrogens (primary N) is 1. The van der Waals surface area contributed by atoms with E-state index in [0.29, 0.717) is 6.42 Å². The molecule has 7 atom stereocenters. The Kier molecular flexibility index (Phi) is 8.87. The third-order valence-corrected chi connectivity index (χ3v) is 5.91. The second-order valence-corrected chi connectivity index (χ2v) is 9.86. The molecular weight excluding hydrogens is 417 g/mol.